The number of aryl methyl sites for hydroxylation is 2. The van der Waals surface area contributed by atoms with Crippen LogP contribution in [0.1, 0.15) is 39.8 Å². The summed E-state index contributed by atoms with van der Waals surface area (Å²) in [5.41, 5.74) is 4.19. The van der Waals surface area contributed by atoms with Crippen LogP contribution >= 0.6 is 0 Å². The van der Waals surface area contributed by atoms with Crippen molar-refractivity contribution >= 4 is 16.8 Å². The number of hydrogen-bond donors (Lipinski definition) is 0. The first-order chi connectivity index (χ1) is 15.6. The molecule has 7 heteroatoms. The molecule has 6 rings (SSSR count). The minimum atomic E-state index is -0.208. The number of likely N-dealkylation sites (tertiary alicyclic amines) is 1. The van der Waals surface area contributed by atoms with Crippen molar-refractivity contribution in [3.8, 4) is 5.88 Å². The molecule has 1 aliphatic carbocycles. The van der Waals surface area contributed by atoms with E-state index < -0.39 is 0 Å². The van der Waals surface area contributed by atoms with Crippen molar-refractivity contribution in [2.45, 2.75) is 37.8 Å². The summed E-state index contributed by atoms with van der Waals surface area (Å²) in [4.78, 5) is 19.7. The van der Waals surface area contributed by atoms with Gasteiger partial charge in [-0.25, -0.2) is 4.98 Å². The van der Waals surface area contributed by atoms with Crippen LogP contribution in [0.5, 0.6) is 5.88 Å². The molecule has 32 heavy (non-hydrogen) atoms. The number of benzene rings is 1. The number of piperidine rings is 1. The summed E-state index contributed by atoms with van der Waals surface area (Å²) in [6, 6.07) is 15.9. The Labute approximate surface area is 185 Å². The van der Waals surface area contributed by atoms with Gasteiger partial charge >= 0.3 is 0 Å². The molecule has 7 nitrogen and oxygen atoms in total. The van der Waals surface area contributed by atoms with Crippen LogP contribution in [0.4, 0.5) is 0 Å². The first-order valence-corrected chi connectivity index (χ1v) is 11.0. The van der Waals surface area contributed by atoms with E-state index >= 15 is 0 Å². The number of carbonyl (C=O) groups is 1. The van der Waals surface area contributed by atoms with Crippen LogP contribution < -0.4 is 4.74 Å². The topological polar surface area (TPSA) is 73.4 Å². The molecule has 3 aromatic heterocycles. The van der Waals surface area contributed by atoms with E-state index in [9.17, 15) is 4.79 Å². The minimum Gasteiger partial charge on any atom is -0.472 e. The lowest BCUT2D eigenvalue weighted by Crippen LogP contribution is -2.56. The third-order valence-electron chi connectivity index (χ3n) is 6.86. The van der Waals surface area contributed by atoms with Gasteiger partial charge in [-0.05, 0) is 37.5 Å². The van der Waals surface area contributed by atoms with E-state index in [4.69, 9.17) is 9.26 Å². The Bertz CT molecular complexity index is 1310. The van der Waals surface area contributed by atoms with Crippen molar-refractivity contribution < 1.29 is 14.1 Å². The summed E-state index contributed by atoms with van der Waals surface area (Å²) in [5.74, 6) is 1.27. The molecule has 1 amide bonds. The fourth-order valence-electron chi connectivity index (χ4n) is 5.49. The van der Waals surface area contributed by atoms with E-state index in [1.807, 2.05) is 23.1 Å². The van der Waals surface area contributed by atoms with Gasteiger partial charge in [0.1, 0.15) is 11.9 Å². The molecule has 4 aromatic rings. The minimum absolute atomic E-state index is 0.0893. The monoisotopic (exact) mass is 428 g/mol. The molecule has 0 radical (unpaired) electrons. The predicted octanol–water partition coefficient (Wildman–Crippen LogP) is 3.87. The van der Waals surface area contributed by atoms with Gasteiger partial charge in [-0.15, -0.1) is 0 Å². The van der Waals surface area contributed by atoms with Gasteiger partial charge in [0.2, 0.25) is 5.88 Å². The largest absolute Gasteiger partial charge is 0.472 e. The Morgan fingerprint density at radius 1 is 1.19 bits per heavy atom. The van der Waals surface area contributed by atoms with Crippen molar-refractivity contribution in [2.75, 3.05) is 6.54 Å². The lowest BCUT2D eigenvalue weighted by Gasteiger charge is -2.46. The number of pyridine rings is 1. The van der Waals surface area contributed by atoms with Gasteiger partial charge in [-0.1, -0.05) is 29.4 Å². The Morgan fingerprint density at radius 3 is 2.81 bits per heavy atom. The van der Waals surface area contributed by atoms with Crippen LogP contribution in [-0.4, -0.2) is 44.2 Å². The SMILES string of the molecule is Cc1cc(C(=O)N2C[C@H](Oc3ccccn3)[C@H]3C[C@@H]2Cc2c3n(C)c3ccccc23)no1. The molecule has 1 saturated heterocycles. The van der Waals surface area contributed by atoms with E-state index in [1.54, 1.807) is 19.2 Å². The Morgan fingerprint density at radius 2 is 2.03 bits per heavy atom. The number of aromatic nitrogens is 3. The lowest BCUT2D eigenvalue weighted by atomic mass is 9.76. The van der Waals surface area contributed by atoms with Crippen molar-refractivity contribution in [2.24, 2.45) is 7.05 Å². The fraction of sp³-hybridized carbons (Fsp3) is 0.320. The van der Waals surface area contributed by atoms with Crippen LogP contribution in [0.25, 0.3) is 10.9 Å². The molecule has 4 heterocycles. The number of ether oxygens (including phenoxy) is 1. The third kappa shape index (κ3) is 2.92. The molecule has 2 bridgehead atoms. The average Bonchev–Trinajstić information content (AvgIpc) is 3.38. The third-order valence-corrected chi connectivity index (χ3v) is 6.86. The number of para-hydroxylation sites is 1. The van der Waals surface area contributed by atoms with Gasteiger partial charge in [0.15, 0.2) is 5.69 Å². The summed E-state index contributed by atoms with van der Waals surface area (Å²) < 4.78 is 13.9. The average molecular weight is 428 g/mol. The number of hydrogen-bond acceptors (Lipinski definition) is 5. The highest BCUT2D eigenvalue weighted by molar-refractivity contribution is 5.93. The molecule has 2 aliphatic rings. The first kappa shape index (κ1) is 19.1. The van der Waals surface area contributed by atoms with E-state index in [2.05, 4.69) is 46.0 Å². The smallest absolute Gasteiger partial charge is 0.276 e. The number of fused-ring (bicyclic) bond motifs is 6. The second-order valence-electron chi connectivity index (χ2n) is 8.74. The van der Waals surface area contributed by atoms with E-state index in [0.29, 0.717) is 23.9 Å². The zero-order valence-corrected chi connectivity index (χ0v) is 18.1. The zero-order valence-electron chi connectivity index (χ0n) is 18.1. The highest BCUT2D eigenvalue weighted by Crippen LogP contribution is 2.45. The summed E-state index contributed by atoms with van der Waals surface area (Å²) in [6.45, 7) is 2.28. The molecule has 162 valence electrons. The molecule has 3 atom stereocenters. The maximum absolute atomic E-state index is 13.4. The van der Waals surface area contributed by atoms with Crippen LogP contribution in [0.3, 0.4) is 0 Å². The van der Waals surface area contributed by atoms with Crippen molar-refractivity contribution in [1.29, 1.82) is 0 Å². The Balaban J connectivity index is 1.45. The number of amides is 1. The Hall–Kier alpha value is -3.61. The molecule has 0 saturated carbocycles. The maximum Gasteiger partial charge on any atom is 0.276 e. The van der Waals surface area contributed by atoms with Crippen molar-refractivity contribution in [3.63, 3.8) is 0 Å². The highest BCUT2D eigenvalue weighted by atomic mass is 16.5. The first-order valence-electron chi connectivity index (χ1n) is 11.0. The van der Waals surface area contributed by atoms with Gasteiger partial charge in [0.25, 0.3) is 5.91 Å². The second-order valence-corrected chi connectivity index (χ2v) is 8.74. The van der Waals surface area contributed by atoms with E-state index in [-0.39, 0.29) is 24.0 Å². The molecular weight excluding hydrogens is 404 g/mol. The molecule has 1 fully saturated rings. The maximum atomic E-state index is 13.4. The number of carbonyl (C=O) groups excluding carboxylic acids is 1. The zero-order chi connectivity index (χ0) is 21.8. The van der Waals surface area contributed by atoms with Crippen LogP contribution in [0.2, 0.25) is 0 Å². The van der Waals surface area contributed by atoms with Gasteiger partial charge in [-0.3, -0.25) is 4.79 Å². The number of rotatable bonds is 3. The van der Waals surface area contributed by atoms with Crippen LogP contribution in [0, 0.1) is 6.92 Å². The fourth-order valence-corrected chi connectivity index (χ4v) is 5.49. The van der Waals surface area contributed by atoms with Crippen LogP contribution in [0.15, 0.2) is 59.3 Å². The summed E-state index contributed by atoms with van der Waals surface area (Å²) in [7, 11) is 2.13. The summed E-state index contributed by atoms with van der Waals surface area (Å²) in [6.07, 6.45) is 3.19. The molecule has 1 aromatic carbocycles. The van der Waals surface area contributed by atoms with Gasteiger partial charge in [0.05, 0.1) is 6.54 Å². The predicted molar refractivity (Wildman–Crippen MR) is 119 cm³/mol. The van der Waals surface area contributed by atoms with Gasteiger partial charge in [0, 0.05) is 53.9 Å². The second kappa shape index (κ2) is 7.22. The number of nitrogens with zero attached hydrogens (tertiary/aromatic N) is 4. The molecule has 0 N–H and O–H groups in total. The standard InChI is InChI=1S/C25H24N4O3/c1-15-11-20(27-32-15)25(30)29-14-22(31-23-9-5-6-10-26-23)19-13-16(29)12-18-17-7-3-4-8-21(17)28(2)24(18)19/h3-11,16,19,22H,12-14H2,1-2H3/t16-,19+,22-/m0/s1. The van der Waals surface area contributed by atoms with Crippen molar-refractivity contribution in [1.82, 2.24) is 19.6 Å². The quantitative estimate of drug-likeness (QED) is 0.495. The van der Waals surface area contributed by atoms with Gasteiger partial charge in [-0.2, -0.15) is 0 Å². The molecule has 0 unspecified atom stereocenters. The molecular formula is C25H24N4O3. The normalized spacial score (nSPS) is 22.1. The Kier molecular flexibility index (Phi) is 4.31. The molecule has 1 aliphatic heterocycles. The van der Waals surface area contributed by atoms with E-state index in [0.717, 1.165) is 12.8 Å². The van der Waals surface area contributed by atoms with Crippen molar-refractivity contribution in [3.05, 3.63) is 77.4 Å². The summed E-state index contributed by atoms with van der Waals surface area (Å²) >= 11 is 0. The summed E-state index contributed by atoms with van der Waals surface area (Å²) in [5, 5.41) is 5.23. The van der Waals surface area contributed by atoms with E-state index in [1.165, 1.54) is 22.2 Å². The lowest BCUT2D eigenvalue weighted by molar-refractivity contribution is 0.0179. The molecule has 0 spiro atoms. The van der Waals surface area contributed by atoms with Crippen LogP contribution in [-0.2, 0) is 13.5 Å². The van der Waals surface area contributed by atoms with Gasteiger partial charge < -0.3 is 18.7 Å². The highest BCUT2D eigenvalue weighted by Gasteiger charge is 2.46.